The zero-order valence-corrected chi connectivity index (χ0v) is 12.3. The van der Waals surface area contributed by atoms with Crippen molar-refractivity contribution in [3.05, 3.63) is 47.7 Å². The Morgan fingerprint density at radius 1 is 1.25 bits per heavy atom. The second kappa shape index (κ2) is 5.56. The largest absolute Gasteiger partial charge is 0.332 e. The lowest BCUT2D eigenvalue weighted by atomic mass is 10.1. The molecule has 0 spiro atoms. The first kappa shape index (κ1) is 13.0. The zero-order valence-electron chi connectivity index (χ0n) is 11.5. The molecule has 0 radical (unpaired) electrons. The number of hydrogen-bond acceptors (Lipinski definition) is 4. The van der Waals surface area contributed by atoms with Crippen molar-refractivity contribution in [1.29, 1.82) is 0 Å². The molecule has 0 aliphatic carbocycles. The Balaban J connectivity index is 2.10. The van der Waals surface area contributed by atoms with Gasteiger partial charge in [0.2, 0.25) is 0 Å². The monoisotopic (exact) mass is 284 g/mol. The standard InChI is InChI=1S/C15H16N4S/c1-16-9-13-14(11-6-4-3-5-7-11)18-15(20-13)12-8-17-10-19(12)2/h3-8,10,16H,9H2,1-2H3. The van der Waals surface area contributed by atoms with E-state index in [4.69, 9.17) is 4.98 Å². The van der Waals surface area contributed by atoms with Crippen molar-refractivity contribution in [1.82, 2.24) is 19.9 Å². The third-order valence-corrected chi connectivity index (χ3v) is 4.20. The van der Waals surface area contributed by atoms with Gasteiger partial charge in [-0.3, -0.25) is 0 Å². The molecular weight excluding hydrogens is 268 g/mol. The van der Waals surface area contributed by atoms with Crippen molar-refractivity contribution in [2.24, 2.45) is 7.05 Å². The number of nitrogens with one attached hydrogen (secondary N) is 1. The molecule has 0 saturated heterocycles. The molecule has 20 heavy (non-hydrogen) atoms. The number of hydrogen-bond donors (Lipinski definition) is 1. The molecule has 0 aliphatic rings. The van der Waals surface area contributed by atoms with Gasteiger partial charge in [0, 0.05) is 24.0 Å². The molecule has 2 heterocycles. The van der Waals surface area contributed by atoms with Crippen LogP contribution in [-0.2, 0) is 13.6 Å². The van der Waals surface area contributed by atoms with E-state index in [2.05, 4.69) is 22.4 Å². The number of benzene rings is 1. The molecule has 0 amide bonds. The van der Waals surface area contributed by atoms with Crippen LogP contribution in [0.1, 0.15) is 4.88 Å². The van der Waals surface area contributed by atoms with E-state index < -0.39 is 0 Å². The molecule has 0 unspecified atom stereocenters. The Hall–Kier alpha value is -1.98. The fourth-order valence-electron chi connectivity index (χ4n) is 2.13. The van der Waals surface area contributed by atoms with Crippen molar-refractivity contribution in [3.63, 3.8) is 0 Å². The van der Waals surface area contributed by atoms with E-state index in [1.165, 1.54) is 4.88 Å². The lowest BCUT2D eigenvalue weighted by Crippen LogP contribution is -2.04. The van der Waals surface area contributed by atoms with Gasteiger partial charge in [-0.2, -0.15) is 0 Å². The SMILES string of the molecule is CNCc1sc(-c2cncn2C)nc1-c1ccccc1. The third-order valence-electron chi connectivity index (χ3n) is 3.12. The predicted molar refractivity (Wildman–Crippen MR) is 82.5 cm³/mol. The average Bonchev–Trinajstić information content (AvgIpc) is 3.06. The number of aryl methyl sites for hydroxylation is 1. The highest BCUT2D eigenvalue weighted by atomic mass is 32.1. The van der Waals surface area contributed by atoms with E-state index in [-0.39, 0.29) is 0 Å². The summed E-state index contributed by atoms with van der Waals surface area (Å²) in [6, 6.07) is 10.3. The maximum Gasteiger partial charge on any atom is 0.142 e. The van der Waals surface area contributed by atoms with Crippen LogP contribution >= 0.6 is 11.3 Å². The first-order valence-electron chi connectivity index (χ1n) is 6.46. The number of rotatable bonds is 4. The Morgan fingerprint density at radius 3 is 2.70 bits per heavy atom. The lowest BCUT2D eigenvalue weighted by molar-refractivity contribution is 0.831. The van der Waals surface area contributed by atoms with Gasteiger partial charge in [-0.1, -0.05) is 30.3 Å². The molecule has 3 rings (SSSR count). The average molecular weight is 284 g/mol. The lowest BCUT2D eigenvalue weighted by Gasteiger charge is -2.00. The molecule has 0 aliphatic heterocycles. The molecule has 0 bridgehead atoms. The summed E-state index contributed by atoms with van der Waals surface area (Å²) in [5.41, 5.74) is 3.26. The van der Waals surface area contributed by atoms with Crippen LogP contribution in [0.15, 0.2) is 42.9 Å². The van der Waals surface area contributed by atoms with Crippen LogP contribution in [0.3, 0.4) is 0 Å². The molecule has 102 valence electrons. The van der Waals surface area contributed by atoms with Gasteiger partial charge in [0.1, 0.15) is 5.01 Å². The smallest absolute Gasteiger partial charge is 0.142 e. The molecule has 4 nitrogen and oxygen atoms in total. The molecule has 1 N–H and O–H groups in total. The van der Waals surface area contributed by atoms with Crippen LogP contribution in [-0.4, -0.2) is 21.6 Å². The number of thiazole rings is 1. The van der Waals surface area contributed by atoms with Crippen LogP contribution in [0.25, 0.3) is 22.0 Å². The third kappa shape index (κ3) is 2.37. The summed E-state index contributed by atoms with van der Waals surface area (Å²) >= 11 is 1.72. The fraction of sp³-hybridized carbons (Fsp3) is 0.200. The quantitative estimate of drug-likeness (QED) is 0.801. The summed E-state index contributed by atoms with van der Waals surface area (Å²) in [5, 5.41) is 4.22. The minimum Gasteiger partial charge on any atom is -0.332 e. The number of imidazole rings is 1. The van der Waals surface area contributed by atoms with E-state index in [0.29, 0.717) is 0 Å². The first-order valence-corrected chi connectivity index (χ1v) is 7.27. The van der Waals surface area contributed by atoms with Gasteiger partial charge < -0.3 is 9.88 Å². The molecule has 5 heteroatoms. The van der Waals surface area contributed by atoms with Crippen LogP contribution in [0.2, 0.25) is 0 Å². The van der Waals surface area contributed by atoms with Gasteiger partial charge in [0.25, 0.3) is 0 Å². The van der Waals surface area contributed by atoms with E-state index in [1.807, 2.05) is 43.1 Å². The highest BCUT2D eigenvalue weighted by molar-refractivity contribution is 7.15. The van der Waals surface area contributed by atoms with Gasteiger partial charge in [-0.25, -0.2) is 9.97 Å². The van der Waals surface area contributed by atoms with Crippen LogP contribution < -0.4 is 5.32 Å². The summed E-state index contributed by atoms with van der Waals surface area (Å²) in [6.07, 6.45) is 3.66. The van der Waals surface area contributed by atoms with E-state index in [1.54, 1.807) is 17.7 Å². The summed E-state index contributed by atoms with van der Waals surface area (Å²) in [7, 11) is 3.95. The maximum atomic E-state index is 4.82. The predicted octanol–water partition coefficient (Wildman–Crippen LogP) is 2.93. The van der Waals surface area contributed by atoms with E-state index in [9.17, 15) is 0 Å². The summed E-state index contributed by atoms with van der Waals surface area (Å²) in [5.74, 6) is 0. The fourth-order valence-corrected chi connectivity index (χ4v) is 3.27. The highest BCUT2D eigenvalue weighted by Gasteiger charge is 2.15. The first-order chi connectivity index (χ1) is 9.79. The van der Waals surface area contributed by atoms with Crippen molar-refractivity contribution < 1.29 is 0 Å². The van der Waals surface area contributed by atoms with Crippen molar-refractivity contribution in [2.75, 3.05) is 7.05 Å². The second-order valence-electron chi connectivity index (χ2n) is 4.58. The molecule has 0 fully saturated rings. The van der Waals surface area contributed by atoms with Gasteiger partial charge in [0.15, 0.2) is 0 Å². The van der Waals surface area contributed by atoms with Gasteiger partial charge in [-0.05, 0) is 7.05 Å². The molecular formula is C15H16N4S. The Kier molecular flexibility index (Phi) is 3.62. The van der Waals surface area contributed by atoms with Crippen molar-refractivity contribution in [3.8, 4) is 22.0 Å². The molecule has 0 saturated carbocycles. The van der Waals surface area contributed by atoms with E-state index >= 15 is 0 Å². The van der Waals surface area contributed by atoms with Crippen LogP contribution in [0.5, 0.6) is 0 Å². The van der Waals surface area contributed by atoms with Crippen LogP contribution in [0.4, 0.5) is 0 Å². The zero-order chi connectivity index (χ0) is 13.9. The topological polar surface area (TPSA) is 42.7 Å². The minimum absolute atomic E-state index is 0.819. The molecule has 0 atom stereocenters. The number of nitrogens with zero attached hydrogens (tertiary/aromatic N) is 3. The Labute approximate surface area is 122 Å². The minimum atomic E-state index is 0.819. The van der Waals surface area contributed by atoms with Crippen molar-refractivity contribution in [2.45, 2.75) is 6.54 Å². The summed E-state index contributed by atoms with van der Waals surface area (Å²) in [4.78, 5) is 10.2. The molecule has 2 aromatic heterocycles. The van der Waals surface area contributed by atoms with Crippen LogP contribution in [0, 0.1) is 0 Å². The summed E-state index contributed by atoms with van der Waals surface area (Å²) < 4.78 is 2.00. The Bertz CT molecular complexity index is 700. The molecule has 3 aromatic rings. The van der Waals surface area contributed by atoms with Gasteiger partial charge in [-0.15, -0.1) is 11.3 Å². The summed E-state index contributed by atoms with van der Waals surface area (Å²) in [6.45, 7) is 0.819. The normalized spacial score (nSPS) is 10.9. The maximum absolute atomic E-state index is 4.82. The number of aromatic nitrogens is 3. The molecule has 1 aromatic carbocycles. The highest BCUT2D eigenvalue weighted by Crippen LogP contribution is 2.33. The Morgan fingerprint density at radius 2 is 2.05 bits per heavy atom. The van der Waals surface area contributed by atoms with Crippen molar-refractivity contribution >= 4 is 11.3 Å². The van der Waals surface area contributed by atoms with E-state index in [0.717, 1.165) is 28.5 Å². The van der Waals surface area contributed by atoms with Gasteiger partial charge >= 0.3 is 0 Å². The second-order valence-corrected chi connectivity index (χ2v) is 5.66. The van der Waals surface area contributed by atoms with Gasteiger partial charge in [0.05, 0.1) is 23.9 Å².